The number of hydrogen-bond acceptors (Lipinski definition) is 15. The van der Waals surface area contributed by atoms with E-state index in [1.54, 1.807) is 64.8 Å². The molecule has 0 aromatic heterocycles. The first-order valence-corrected chi connectivity index (χ1v) is 28.6. The van der Waals surface area contributed by atoms with Crippen LogP contribution in [0.5, 0.6) is 23.0 Å². The summed E-state index contributed by atoms with van der Waals surface area (Å²) >= 11 is 0. The Kier molecular flexibility index (Phi) is 18.5. The van der Waals surface area contributed by atoms with Gasteiger partial charge in [-0.1, -0.05) is 58.0 Å². The molecule has 4 heterocycles. The lowest BCUT2D eigenvalue weighted by atomic mass is 10.1. The van der Waals surface area contributed by atoms with Gasteiger partial charge in [-0.15, -0.1) is 0 Å². The molecule has 5 aromatic carbocycles. The third kappa shape index (κ3) is 13.6. The maximum absolute atomic E-state index is 14.7. The van der Waals surface area contributed by atoms with Gasteiger partial charge in [0.05, 0.1) is 70.6 Å². The molecule has 5 aromatic rings. The number of carboxylic acids is 1. The summed E-state index contributed by atoms with van der Waals surface area (Å²) in [6.45, 7) is 8.10. The van der Waals surface area contributed by atoms with E-state index in [-0.39, 0.29) is 61.8 Å². The van der Waals surface area contributed by atoms with Crippen molar-refractivity contribution in [2.75, 3.05) is 93.2 Å². The summed E-state index contributed by atoms with van der Waals surface area (Å²) in [5.74, 6) is 1.62. The summed E-state index contributed by atoms with van der Waals surface area (Å²) < 4.78 is 41.7. The van der Waals surface area contributed by atoms with Crippen LogP contribution in [0.3, 0.4) is 0 Å². The molecule has 4 aliphatic rings. The number of para-hydroxylation sites is 2. The number of aliphatic carboxylic acids is 1. The van der Waals surface area contributed by atoms with E-state index >= 15 is 0 Å². The van der Waals surface area contributed by atoms with E-state index in [0.29, 0.717) is 97.4 Å². The van der Waals surface area contributed by atoms with E-state index in [2.05, 4.69) is 54.4 Å². The maximum atomic E-state index is 14.7. The first-order chi connectivity index (χ1) is 37.4. The molecule has 0 bridgehead atoms. The van der Waals surface area contributed by atoms with Crippen molar-refractivity contribution in [1.82, 2.24) is 0 Å². The van der Waals surface area contributed by atoms with E-state index in [1.165, 1.54) is 11.3 Å². The minimum Gasteiger partial charge on any atom is -0.493 e. The molecule has 0 saturated heterocycles. The highest BCUT2D eigenvalue weighted by atomic mass is 33.1. The fourth-order valence-electron chi connectivity index (χ4n) is 10.2. The van der Waals surface area contributed by atoms with Gasteiger partial charge in [-0.25, -0.2) is 0 Å². The topological polar surface area (TPSA) is 170 Å². The highest BCUT2D eigenvalue weighted by molar-refractivity contribution is 8.77. The zero-order valence-corrected chi connectivity index (χ0v) is 46.2. The maximum Gasteiger partial charge on any atom is 0.303 e. The zero-order valence-electron chi connectivity index (χ0n) is 44.5. The number of carbonyl (C=O) groups is 3. The van der Waals surface area contributed by atoms with Crippen molar-refractivity contribution in [2.45, 2.75) is 89.0 Å². The lowest BCUT2D eigenvalue weighted by Crippen LogP contribution is -2.37. The second kappa shape index (κ2) is 25.8. The van der Waals surface area contributed by atoms with Gasteiger partial charge in [0.25, 0.3) is 5.91 Å². The molecule has 0 saturated carbocycles. The molecule has 77 heavy (non-hydrogen) atoms. The van der Waals surface area contributed by atoms with Crippen LogP contribution in [0, 0.1) is 0 Å². The van der Waals surface area contributed by atoms with Crippen LogP contribution in [0.2, 0.25) is 0 Å². The molecule has 0 aliphatic carbocycles. The van der Waals surface area contributed by atoms with Gasteiger partial charge in [0.1, 0.15) is 13.2 Å². The Labute approximate surface area is 459 Å². The molecular weight excluding hydrogens is 1020 g/mol. The number of ether oxygens (including phenoxy) is 7. The predicted molar refractivity (Wildman–Crippen MR) is 305 cm³/mol. The van der Waals surface area contributed by atoms with Gasteiger partial charge in [0.2, 0.25) is 5.91 Å². The van der Waals surface area contributed by atoms with Crippen LogP contribution in [-0.2, 0) is 56.4 Å². The molecule has 16 nitrogen and oxygen atoms in total. The van der Waals surface area contributed by atoms with Crippen LogP contribution in [0.1, 0.15) is 77.7 Å². The first kappa shape index (κ1) is 55.3. The van der Waals surface area contributed by atoms with Crippen LogP contribution in [0.15, 0.2) is 96.0 Å². The van der Waals surface area contributed by atoms with Crippen molar-refractivity contribution < 1.29 is 52.6 Å². The van der Waals surface area contributed by atoms with E-state index in [0.717, 1.165) is 53.1 Å². The van der Waals surface area contributed by atoms with Crippen LogP contribution < -0.4 is 39.0 Å². The lowest BCUT2D eigenvalue weighted by Gasteiger charge is -2.27. The quantitative estimate of drug-likeness (QED) is 0.0376. The SMILES string of the molecule is COCCOCCOCCN(C(=O)CCC(C)(C)SSCCCC(=O)O)c1cc(COc2cc3c(cc2OC)C(=O)N2c4ccccc4CC2C=N3)cc(COc2cc3c(cc2OC)CN2c4ccccc4CC2CN3)c1. The van der Waals surface area contributed by atoms with Crippen LogP contribution >= 0.6 is 21.6 Å². The van der Waals surface area contributed by atoms with E-state index < -0.39 is 5.97 Å². The molecular formula is C59H69N5O11S2. The Morgan fingerprint density at radius 1 is 0.779 bits per heavy atom. The number of amides is 2. The molecule has 18 heteroatoms. The molecule has 0 fully saturated rings. The average Bonchev–Trinajstić information content (AvgIpc) is 3.88. The Balaban J connectivity index is 0.990. The predicted octanol–water partition coefficient (Wildman–Crippen LogP) is 10.3. The van der Waals surface area contributed by atoms with Crippen molar-refractivity contribution in [3.8, 4) is 23.0 Å². The molecule has 0 spiro atoms. The number of nitrogens with zero attached hydrogens (tertiary/aromatic N) is 4. The van der Waals surface area contributed by atoms with E-state index in [4.69, 9.17) is 43.3 Å². The minimum atomic E-state index is -0.805. The average molecular weight is 1090 g/mol. The Bertz CT molecular complexity index is 2940. The minimum absolute atomic E-state index is 0.0722. The van der Waals surface area contributed by atoms with Crippen molar-refractivity contribution >= 4 is 74.0 Å². The van der Waals surface area contributed by atoms with E-state index in [9.17, 15) is 14.4 Å². The zero-order chi connectivity index (χ0) is 53.9. The number of rotatable bonds is 27. The van der Waals surface area contributed by atoms with Gasteiger partial charge in [-0.05, 0) is 103 Å². The Morgan fingerprint density at radius 2 is 1.45 bits per heavy atom. The van der Waals surface area contributed by atoms with Crippen LogP contribution in [0.25, 0.3) is 0 Å². The molecule has 408 valence electrons. The number of nitrogens with one attached hydrogen (secondary N) is 1. The molecule has 4 aliphatic heterocycles. The van der Waals surface area contributed by atoms with Gasteiger partial charge >= 0.3 is 5.97 Å². The summed E-state index contributed by atoms with van der Waals surface area (Å²) in [4.78, 5) is 50.8. The molecule has 2 N–H and O–H groups in total. The summed E-state index contributed by atoms with van der Waals surface area (Å²) in [5.41, 5.74) is 9.77. The summed E-state index contributed by atoms with van der Waals surface area (Å²) in [6.07, 6.45) is 5.01. The standard InChI is InChI=1S/C59H69N5O11S2/c1-59(2,77-76-24-10-15-57(66)67)17-16-56(65)62(18-19-72-22-23-73-21-20-69-3)44-26-39(37-74-54-32-48-43(30-52(54)70-4)36-63-45(34-60-48)28-41-11-6-8-13-50(41)63)25-40(27-44)38-75-55-33-49-47(31-53(55)71-5)58(68)64-46(35-61-49)29-42-12-7-9-14-51(42)64/h6-9,11-14,25-27,30-33,35,45-46,60H,10,15-24,28-29,34,36-38H2,1-5H3,(H,66,67). The molecule has 9 rings (SSSR count). The number of fused-ring (bicyclic) bond motifs is 8. The van der Waals surface area contributed by atoms with Crippen molar-refractivity contribution in [3.63, 3.8) is 0 Å². The smallest absolute Gasteiger partial charge is 0.303 e. The van der Waals surface area contributed by atoms with Crippen LogP contribution in [-0.4, -0.2) is 119 Å². The number of aliphatic imine (C=N–C) groups is 1. The summed E-state index contributed by atoms with van der Waals surface area (Å²) in [6, 6.07) is 30.1. The number of hydrogen-bond donors (Lipinski definition) is 2. The number of carbonyl (C=O) groups excluding carboxylic acids is 2. The monoisotopic (exact) mass is 1090 g/mol. The highest BCUT2D eigenvalue weighted by Crippen LogP contribution is 2.44. The van der Waals surface area contributed by atoms with Crippen molar-refractivity contribution in [3.05, 3.63) is 124 Å². The van der Waals surface area contributed by atoms with Gasteiger partial charge < -0.3 is 53.4 Å². The number of carboxylic acid groups (broad SMARTS) is 1. The number of benzene rings is 5. The molecule has 0 radical (unpaired) electrons. The summed E-state index contributed by atoms with van der Waals surface area (Å²) in [5, 5.41) is 12.8. The molecule has 2 atom stereocenters. The second-order valence-corrected chi connectivity index (χ2v) is 23.2. The Hall–Kier alpha value is -6.44. The highest BCUT2D eigenvalue weighted by Gasteiger charge is 2.37. The van der Waals surface area contributed by atoms with Gasteiger partial charge in [0, 0.05) is 97.6 Å². The summed E-state index contributed by atoms with van der Waals surface area (Å²) in [7, 11) is 8.13. The van der Waals surface area contributed by atoms with Crippen LogP contribution in [0.4, 0.5) is 28.4 Å². The van der Waals surface area contributed by atoms with Crippen molar-refractivity contribution in [2.24, 2.45) is 4.99 Å². The van der Waals surface area contributed by atoms with Gasteiger partial charge in [-0.3, -0.25) is 24.3 Å². The molecule has 2 unspecified atom stereocenters. The third-order valence-corrected chi connectivity index (χ3v) is 17.6. The lowest BCUT2D eigenvalue weighted by molar-refractivity contribution is -0.137. The largest absolute Gasteiger partial charge is 0.493 e. The normalized spacial score (nSPS) is 16.0. The second-order valence-electron chi connectivity index (χ2n) is 20.0. The Morgan fingerprint density at radius 3 is 2.18 bits per heavy atom. The number of anilines is 4. The van der Waals surface area contributed by atoms with E-state index in [1.807, 2.05) is 54.7 Å². The van der Waals surface area contributed by atoms with Crippen molar-refractivity contribution in [1.29, 1.82) is 0 Å². The fraction of sp³-hybridized carbons (Fsp3) is 0.424. The fourth-order valence-corrected chi connectivity index (χ4v) is 12.8. The first-order valence-electron chi connectivity index (χ1n) is 26.2. The molecule has 2 amide bonds. The van der Waals surface area contributed by atoms with Gasteiger partial charge in [-0.2, -0.15) is 0 Å². The third-order valence-electron chi connectivity index (χ3n) is 14.1. The van der Waals surface area contributed by atoms with Gasteiger partial charge in [0.15, 0.2) is 23.0 Å². The number of methoxy groups -OCH3 is 3.